The van der Waals surface area contributed by atoms with Gasteiger partial charge in [0, 0.05) is 26.2 Å². The number of hydrogen-bond acceptors (Lipinski definition) is 7. The number of nitrogens with zero attached hydrogens (tertiary/aromatic N) is 4. The molecular formula is C14H24N6O. The molecule has 1 aromatic heterocycles. The van der Waals surface area contributed by atoms with Crippen molar-refractivity contribution >= 4 is 17.8 Å². The van der Waals surface area contributed by atoms with Crippen LogP contribution in [-0.4, -0.2) is 54.3 Å². The number of morpholine rings is 1. The standard InChI is InChI=1S/C14H24N6O/c1-10-4-3-5-11(10)16-13-17-12(15-2)18-14(19-13)20-6-8-21-9-7-20/h10-11H,3-9H2,1-2H3,(H2,15,16,17,18,19). The van der Waals surface area contributed by atoms with Gasteiger partial charge in [0.25, 0.3) is 0 Å². The minimum atomic E-state index is 0.467. The van der Waals surface area contributed by atoms with Gasteiger partial charge in [-0.1, -0.05) is 13.3 Å². The fourth-order valence-corrected chi connectivity index (χ4v) is 2.97. The molecule has 0 spiro atoms. The van der Waals surface area contributed by atoms with Gasteiger partial charge in [-0.3, -0.25) is 0 Å². The lowest BCUT2D eigenvalue weighted by atomic mass is 10.1. The van der Waals surface area contributed by atoms with Gasteiger partial charge >= 0.3 is 0 Å². The predicted molar refractivity (Wildman–Crippen MR) is 82.8 cm³/mol. The molecule has 1 aliphatic carbocycles. The van der Waals surface area contributed by atoms with Gasteiger partial charge in [0.1, 0.15) is 0 Å². The highest BCUT2D eigenvalue weighted by Crippen LogP contribution is 2.27. The van der Waals surface area contributed by atoms with E-state index in [4.69, 9.17) is 4.74 Å². The van der Waals surface area contributed by atoms with Gasteiger partial charge in [-0.2, -0.15) is 15.0 Å². The Bertz CT molecular complexity index is 477. The van der Waals surface area contributed by atoms with Crippen molar-refractivity contribution in [2.45, 2.75) is 32.2 Å². The maximum Gasteiger partial charge on any atom is 0.232 e. The summed E-state index contributed by atoms with van der Waals surface area (Å²) in [5, 5.41) is 6.51. The average molecular weight is 292 g/mol. The molecule has 0 bridgehead atoms. The van der Waals surface area contributed by atoms with E-state index < -0.39 is 0 Å². The fourth-order valence-electron chi connectivity index (χ4n) is 2.97. The number of rotatable bonds is 4. The summed E-state index contributed by atoms with van der Waals surface area (Å²) in [6.07, 6.45) is 3.74. The maximum atomic E-state index is 5.39. The van der Waals surface area contributed by atoms with Gasteiger partial charge < -0.3 is 20.3 Å². The molecule has 0 amide bonds. The molecule has 0 radical (unpaired) electrons. The zero-order chi connectivity index (χ0) is 14.7. The summed E-state index contributed by atoms with van der Waals surface area (Å²) in [6, 6.07) is 0.467. The molecule has 1 aliphatic heterocycles. The highest BCUT2D eigenvalue weighted by molar-refractivity contribution is 5.44. The Labute approximate surface area is 125 Å². The summed E-state index contributed by atoms with van der Waals surface area (Å²) >= 11 is 0. The molecule has 1 saturated carbocycles. The number of ether oxygens (including phenoxy) is 1. The second-order valence-electron chi connectivity index (χ2n) is 5.79. The molecule has 116 valence electrons. The Morgan fingerprint density at radius 3 is 2.52 bits per heavy atom. The van der Waals surface area contributed by atoms with Crippen molar-refractivity contribution in [3.63, 3.8) is 0 Å². The molecule has 2 unspecified atom stereocenters. The topological polar surface area (TPSA) is 75.2 Å². The minimum Gasteiger partial charge on any atom is -0.378 e. The maximum absolute atomic E-state index is 5.39. The van der Waals surface area contributed by atoms with Crippen LogP contribution in [0, 0.1) is 5.92 Å². The van der Waals surface area contributed by atoms with Crippen LogP contribution in [0.2, 0.25) is 0 Å². The third-order valence-electron chi connectivity index (χ3n) is 4.32. The van der Waals surface area contributed by atoms with Crippen LogP contribution in [0.3, 0.4) is 0 Å². The normalized spacial score (nSPS) is 25.9. The van der Waals surface area contributed by atoms with Crippen molar-refractivity contribution in [1.82, 2.24) is 15.0 Å². The van der Waals surface area contributed by atoms with Crippen molar-refractivity contribution in [3.8, 4) is 0 Å². The SMILES string of the molecule is CNc1nc(NC2CCCC2C)nc(N2CCOCC2)n1. The molecule has 0 aromatic carbocycles. The predicted octanol–water partition coefficient (Wildman–Crippen LogP) is 1.35. The van der Waals surface area contributed by atoms with Gasteiger partial charge in [0.05, 0.1) is 13.2 Å². The molecule has 2 aliphatic rings. The van der Waals surface area contributed by atoms with E-state index in [1.807, 2.05) is 7.05 Å². The molecule has 21 heavy (non-hydrogen) atoms. The average Bonchev–Trinajstić information content (AvgIpc) is 2.93. The van der Waals surface area contributed by atoms with Crippen molar-refractivity contribution in [1.29, 1.82) is 0 Å². The van der Waals surface area contributed by atoms with E-state index in [-0.39, 0.29) is 0 Å². The molecule has 7 heteroatoms. The van der Waals surface area contributed by atoms with Gasteiger partial charge in [-0.25, -0.2) is 0 Å². The van der Waals surface area contributed by atoms with Crippen LogP contribution in [0.5, 0.6) is 0 Å². The van der Waals surface area contributed by atoms with Crippen LogP contribution < -0.4 is 15.5 Å². The lowest BCUT2D eigenvalue weighted by molar-refractivity contribution is 0.122. The van der Waals surface area contributed by atoms with Crippen molar-refractivity contribution in [2.75, 3.05) is 48.9 Å². The molecule has 2 fully saturated rings. The zero-order valence-corrected chi connectivity index (χ0v) is 12.8. The molecule has 1 aromatic rings. The first-order valence-electron chi connectivity index (χ1n) is 7.79. The van der Waals surface area contributed by atoms with E-state index in [1.165, 1.54) is 19.3 Å². The van der Waals surface area contributed by atoms with Crippen LogP contribution in [0.15, 0.2) is 0 Å². The lowest BCUT2D eigenvalue weighted by Crippen LogP contribution is -2.37. The van der Waals surface area contributed by atoms with Gasteiger partial charge in [-0.05, 0) is 18.8 Å². The Hall–Kier alpha value is -1.63. The smallest absolute Gasteiger partial charge is 0.232 e. The molecule has 2 atom stereocenters. The van der Waals surface area contributed by atoms with E-state index in [1.54, 1.807) is 0 Å². The second kappa shape index (κ2) is 6.43. The first kappa shape index (κ1) is 14.3. The Kier molecular flexibility index (Phi) is 4.38. The third kappa shape index (κ3) is 3.34. The Morgan fingerprint density at radius 2 is 1.86 bits per heavy atom. The summed E-state index contributed by atoms with van der Waals surface area (Å²) in [6.45, 7) is 5.39. The first-order chi connectivity index (χ1) is 10.3. The summed E-state index contributed by atoms with van der Waals surface area (Å²) in [5.41, 5.74) is 0. The summed E-state index contributed by atoms with van der Waals surface area (Å²) in [4.78, 5) is 15.7. The largest absolute Gasteiger partial charge is 0.378 e. The Morgan fingerprint density at radius 1 is 1.10 bits per heavy atom. The highest BCUT2D eigenvalue weighted by Gasteiger charge is 2.24. The third-order valence-corrected chi connectivity index (χ3v) is 4.32. The van der Waals surface area contributed by atoms with E-state index in [0.29, 0.717) is 23.9 Å². The molecule has 1 saturated heterocycles. The second-order valence-corrected chi connectivity index (χ2v) is 5.79. The number of hydrogen-bond donors (Lipinski definition) is 2. The quantitative estimate of drug-likeness (QED) is 0.867. The van der Waals surface area contributed by atoms with E-state index in [9.17, 15) is 0 Å². The summed E-state index contributed by atoms with van der Waals surface area (Å²) < 4.78 is 5.39. The fraction of sp³-hybridized carbons (Fsp3) is 0.786. The number of anilines is 3. The van der Waals surface area contributed by atoms with Gasteiger partial charge in [-0.15, -0.1) is 0 Å². The number of nitrogens with one attached hydrogen (secondary N) is 2. The lowest BCUT2D eigenvalue weighted by Gasteiger charge is -2.27. The summed E-state index contributed by atoms with van der Waals surface area (Å²) in [7, 11) is 1.83. The molecule has 2 heterocycles. The van der Waals surface area contributed by atoms with Gasteiger partial charge in [0.2, 0.25) is 17.8 Å². The van der Waals surface area contributed by atoms with Crippen molar-refractivity contribution in [2.24, 2.45) is 5.92 Å². The summed E-state index contributed by atoms with van der Waals surface area (Å²) in [5.74, 6) is 2.69. The number of aromatic nitrogens is 3. The van der Waals surface area contributed by atoms with Crippen LogP contribution in [0.1, 0.15) is 26.2 Å². The van der Waals surface area contributed by atoms with Gasteiger partial charge in [0.15, 0.2) is 0 Å². The molecule has 7 nitrogen and oxygen atoms in total. The zero-order valence-electron chi connectivity index (χ0n) is 12.8. The van der Waals surface area contributed by atoms with Crippen molar-refractivity contribution < 1.29 is 4.74 Å². The van der Waals surface area contributed by atoms with Crippen LogP contribution in [0.4, 0.5) is 17.8 Å². The van der Waals surface area contributed by atoms with Crippen molar-refractivity contribution in [3.05, 3.63) is 0 Å². The van der Waals surface area contributed by atoms with Crippen LogP contribution in [-0.2, 0) is 4.74 Å². The minimum absolute atomic E-state index is 0.467. The van der Waals surface area contributed by atoms with E-state index in [2.05, 4.69) is 37.4 Å². The Balaban J connectivity index is 1.78. The van der Waals surface area contributed by atoms with E-state index in [0.717, 1.165) is 32.3 Å². The van der Waals surface area contributed by atoms with E-state index >= 15 is 0 Å². The monoisotopic (exact) mass is 292 g/mol. The molecule has 2 N–H and O–H groups in total. The molecular weight excluding hydrogens is 268 g/mol. The highest BCUT2D eigenvalue weighted by atomic mass is 16.5. The van der Waals surface area contributed by atoms with Crippen LogP contribution >= 0.6 is 0 Å². The first-order valence-corrected chi connectivity index (χ1v) is 7.79. The van der Waals surface area contributed by atoms with Crippen LogP contribution in [0.25, 0.3) is 0 Å². The molecule has 3 rings (SSSR count).